The minimum Gasteiger partial charge on any atom is -0.462 e. The summed E-state index contributed by atoms with van der Waals surface area (Å²) in [6.07, 6.45) is 1.70. The molecule has 1 saturated carbocycles. The Morgan fingerprint density at radius 3 is 2.57 bits per heavy atom. The number of hydrogen-bond acceptors (Lipinski definition) is 5. The van der Waals surface area contributed by atoms with E-state index in [0.29, 0.717) is 43.0 Å². The van der Waals surface area contributed by atoms with Gasteiger partial charge in [-0.05, 0) is 42.7 Å². The van der Waals surface area contributed by atoms with Gasteiger partial charge in [-0.15, -0.1) is 0 Å². The van der Waals surface area contributed by atoms with E-state index in [1.54, 1.807) is 12.1 Å². The zero-order valence-electron chi connectivity index (χ0n) is 19.3. The third kappa shape index (κ3) is 5.43. The van der Waals surface area contributed by atoms with Crippen LogP contribution in [-0.2, 0) is 22.6 Å². The van der Waals surface area contributed by atoms with Gasteiger partial charge in [-0.1, -0.05) is 30.3 Å². The van der Waals surface area contributed by atoms with Crippen molar-refractivity contribution in [3.05, 3.63) is 77.4 Å². The summed E-state index contributed by atoms with van der Waals surface area (Å²) < 4.78 is 21.1. The summed E-state index contributed by atoms with van der Waals surface area (Å²) in [6, 6.07) is 15.7. The van der Waals surface area contributed by atoms with Gasteiger partial charge < -0.3 is 19.7 Å². The Kier molecular flexibility index (Phi) is 6.63. The molecule has 3 aromatic rings. The van der Waals surface area contributed by atoms with Gasteiger partial charge >= 0.3 is 5.97 Å². The number of imidazole rings is 1. The molecule has 1 amide bonds. The summed E-state index contributed by atoms with van der Waals surface area (Å²) in [5.41, 5.74) is 2.93. The highest BCUT2D eigenvalue weighted by Gasteiger charge is 2.35. The Bertz CT molecular complexity index is 1210. The molecule has 8 heteroatoms. The number of nitrogens with zero attached hydrogens (tertiary/aromatic N) is 2. The minimum absolute atomic E-state index is 0.0153. The third-order valence-corrected chi connectivity index (χ3v) is 6.49. The number of carbonyl (C=O) groups is 2. The van der Waals surface area contributed by atoms with Crippen LogP contribution in [0.2, 0.25) is 0 Å². The van der Waals surface area contributed by atoms with Gasteiger partial charge in [-0.2, -0.15) is 0 Å². The molecule has 2 heterocycles. The summed E-state index contributed by atoms with van der Waals surface area (Å²) >= 11 is 0. The lowest BCUT2D eigenvalue weighted by molar-refractivity contribution is -0.160. The summed E-state index contributed by atoms with van der Waals surface area (Å²) in [6.45, 7) is 0.848. The molecular formula is C27H28FN3O4. The van der Waals surface area contributed by atoms with E-state index in [1.807, 2.05) is 34.9 Å². The minimum atomic E-state index is -0.706. The van der Waals surface area contributed by atoms with Crippen LogP contribution >= 0.6 is 0 Å². The number of ether oxygens (including phenoxy) is 1. The van der Waals surface area contributed by atoms with Crippen molar-refractivity contribution in [3.63, 3.8) is 0 Å². The zero-order valence-corrected chi connectivity index (χ0v) is 19.3. The molecule has 1 aliphatic heterocycles. The molecule has 0 bridgehead atoms. The lowest BCUT2D eigenvalue weighted by Gasteiger charge is -2.26. The van der Waals surface area contributed by atoms with Gasteiger partial charge in [0.15, 0.2) is 0 Å². The van der Waals surface area contributed by atoms with Crippen LogP contribution < -0.4 is 5.32 Å². The number of esters is 1. The van der Waals surface area contributed by atoms with E-state index in [1.165, 1.54) is 12.1 Å². The SMILES string of the molecule is O=C1C[C@H](O)CC(CCn2c(-c3ccc(F)cc3)nc(C(=O)NCc3ccccc3)c2C2CC2)O1. The number of carbonyl (C=O) groups excluding carboxylic acids is 2. The van der Waals surface area contributed by atoms with Crippen LogP contribution in [0, 0.1) is 5.82 Å². The van der Waals surface area contributed by atoms with Crippen LogP contribution in [0.25, 0.3) is 11.4 Å². The Balaban J connectivity index is 1.45. The quantitative estimate of drug-likeness (QED) is 0.479. The molecule has 0 radical (unpaired) electrons. The van der Waals surface area contributed by atoms with Crippen LogP contribution in [0.15, 0.2) is 54.6 Å². The van der Waals surface area contributed by atoms with Gasteiger partial charge in [-0.3, -0.25) is 9.59 Å². The molecule has 182 valence electrons. The largest absolute Gasteiger partial charge is 0.462 e. The van der Waals surface area contributed by atoms with Gasteiger partial charge in [0.25, 0.3) is 5.91 Å². The first kappa shape index (κ1) is 23.2. The van der Waals surface area contributed by atoms with Gasteiger partial charge in [0.2, 0.25) is 0 Å². The van der Waals surface area contributed by atoms with Crippen molar-refractivity contribution in [1.82, 2.24) is 14.9 Å². The van der Waals surface area contributed by atoms with Gasteiger partial charge in [-0.25, -0.2) is 9.37 Å². The van der Waals surface area contributed by atoms with E-state index in [0.717, 1.165) is 24.1 Å². The van der Waals surface area contributed by atoms with E-state index in [2.05, 4.69) is 5.32 Å². The molecule has 1 aromatic heterocycles. The monoisotopic (exact) mass is 477 g/mol. The van der Waals surface area contributed by atoms with Gasteiger partial charge in [0.05, 0.1) is 18.2 Å². The predicted molar refractivity (Wildman–Crippen MR) is 127 cm³/mol. The second-order valence-electron chi connectivity index (χ2n) is 9.26. The first-order valence-corrected chi connectivity index (χ1v) is 12.0. The Labute approximate surface area is 202 Å². The summed E-state index contributed by atoms with van der Waals surface area (Å²) in [5, 5.41) is 13.0. The van der Waals surface area contributed by atoms with Crippen molar-refractivity contribution in [2.45, 2.75) is 63.3 Å². The zero-order chi connectivity index (χ0) is 24.4. The van der Waals surface area contributed by atoms with Crippen LogP contribution in [0.3, 0.4) is 0 Å². The lowest BCUT2D eigenvalue weighted by atomic mass is 10.0. The second-order valence-corrected chi connectivity index (χ2v) is 9.26. The number of benzene rings is 2. The summed E-state index contributed by atoms with van der Waals surface area (Å²) in [7, 11) is 0. The van der Waals surface area contributed by atoms with E-state index >= 15 is 0 Å². The number of aliphatic hydroxyl groups is 1. The van der Waals surface area contributed by atoms with Crippen molar-refractivity contribution < 1.29 is 23.8 Å². The fraction of sp³-hybridized carbons (Fsp3) is 0.370. The topological polar surface area (TPSA) is 93.5 Å². The molecule has 2 fully saturated rings. The average Bonchev–Trinajstić information content (AvgIpc) is 3.62. The average molecular weight is 478 g/mol. The molecule has 5 rings (SSSR count). The Morgan fingerprint density at radius 1 is 1.14 bits per heavy atom. The molecule has 2 aliphatic rings. The van der Waals surface area contributed by atoms with Crippen LogP contribution in [0.5, 0.6) is 0 Å². The number of nitrogens with one attached hydrogen (secondary N) is 1. The predicted octanol–water partition coefficient (Wildman–Crippen LogP) is 3.95. The maximum Gasteiger partial charge on any atom is 0.308 e. The van der Waals surface area contributed by atoms with E-state index < -0.39 is 18.2 Å². The standard InChI is InChI=1S/C27H28FN3O4/c28-20-10-8-19(9-11-20)26-30-24(27(34)29-16-17-4-2-1-3-5-17)25(18-6-7-18)31(26)13-12-22-14-21(32)15-23(33)35-22/h1-5,8-11,18,21-22,32H,6-7,12-16H2,(H,29,34)/t21-,22?/m1/s1. The number of hydrogen-bond donors (Lipinski definition) is 2. The fourth-order valence-corrected chi connectivity index (χ4v) is 4.62. The fourth-order valence-electron chi connectivity index (χ4n) is 4.62. The summed E-state index contributed by atoms with van der Waals surface area (Å²) in [4.78, 5) is 29.8. The first-order chi connectivity index (χ1) is 17.0. The molecule has 35 heavy (non-hydrogen) atoms. The maximum absolute atomic E-state index is 13.6. The van der Waals surface area contributed by atoms with E-state index in [9.17, 15) is 19.1 Å². The van der Waals surface area contributed by atoms with Crippen molar-refractivity contribution in [2.24, 2.45) is 0 Å². The van der Waals surface area contributed by atoms with E-state index in [-0.39, 0.29) is 24.1 Å². The molecule has 1 aliphatic carbocycles. The van der Waals surface area contributed by atoms with Crippen molar-refractivity contribution in [3.8, 4) is 11.4 Å². The van der Waals surface area contributed by atoms with Gasteiger partial charge in [0, 0.05) is 37.4 Å². The molecule has 1 unspecified atom stereocenters. The van der Waals surface area contributed by atoms with Crippen molar-refractivity contribution >= 4 is 11.9 Å². The normalized spacial score (nSPS) is 19.9. The van der Waals surface area contributed by atoms with Crippen LogP contribution in [0.1, 0.15) is 59.8 Å². The highest BCUT2D eigenvalue weighted by Crippen LogP contribution is 2.43. The molecule has 2 aromatic carbocycles. The molecule has 2 N–H and O–H groups in total. The number of amides is 1. The van der Waals surface area contributed by atoms with Gasteiger partial charge in [0.1, 0.15) is 23.4 Å². The molecular weight excluding hydrogens is 449 g/mol. The lowest BCUT2D eigenvalue weighted by Crippen LogP contribution is -2.33. The van der Waals surface area contributed by atoms with Crippen molar-refractivity contribution in [1.29, 1.82) is 0 Å². The highest BCUT2D eigenvalue weighted by atomic mass is 19.1. The molecule has 1 saturated heterocycles. The molecule has 0 spiro atoms. The maximum atomic E-state index is 13.6. The Morgan fingerprint density at radius 2 is 1.89 bits per heavy atom. The number of aliphatic hydroxyl groups excluding tert-OH is 1. The number of rotatable bonds is 8. The van der Waals surface area contributed by atoms with Crippen LogP contribution in [0.4, 0.5) is 4.39 Å². The number of cyclic esters (lactones) is 1. The highest BCUT2D eigenvalue weighted by molar-refractivity contribution is 5.94. The smallest absolute Gasteiger partial charge is 0.308 e. The third-order valence-electron chi connectivity index (χ3n) is 6.49. The van der Waals surface area contributed by atoms with Crippen LogP contribution in [-0.4, -0.2) is 38.7 Å². The number of aromatic nitrogens is 2. The summed E-state index contributed by atoms with van der Waals surface area (Å²) in [5.74, 6) is -0.203. The molecule has 7 nitrogen and oxygen atoms in total. The number of halogens is 1. The Hall–Kier alpha value is -3.52. The van der Waals surface area contributed by atoms with Crippen molar-refractivity contribution in [2.75, 3.05) is 0 Å². The molecule has 2 atom stereocenters. The first-order valence-electron chi connectivity index (χ1n) is 12.0. The second kappa shape index (κ2) is 10.00. The van der Waals surface area contributed by atoms with E-state index in [4.69, 9.17) is 9.72 Å².